The first-order valence-electron chi connectivity index (χ1n) is 5.62. The Balaban J connectivity index is 1.93. The molecule has 1 aliphatic carbocycles. The van der Waals surface area contributed by atoms with E-state index in [0.29, 0.717) is 6.04 Å². The zero-order valence-electron chi connectivity index (χ0n) is 9.34. The second-order valence-corrected chi connectivity index (χ2v) is 5.80. The summed E-state index contributed by atoms with van der Waals surface area (Å²) < 4.78 is 0. The average molecular weight is 212 g/mol. The molecule has 3 heteroatoms. The Morgan fingerprint density at radius 2 is 2.36 bits per heavy atom. The van der Waals surface area contributed by atoms with Crippen LogP contribution in [0.1, 0.15) is 40.0 Å². The molecule has 2 unspecified atom stereocenters. The number of nitrogens with zero attached hydrogens (tertiary/aromatic N) is 1. The van der Waals surface area contributed by atoms with Crippen molar-refractivity contribution in [1.82, 2.24) is 5.32 Å². The van der Waals surface area contributed by atoms with Gasteiger partial charge in [-0.2, -0.15) is 0 Å². The van der Waals surface area contributed by atoms with Crippen LogP contribution in [0.4, 0.5) is 0 Å². The van der Waals surface area contributed by atoms with Crippen LogP contribution in [0, 0.1) is 5.92 Å². The van der Waals surface area contributed by atoms with Gasteiger partial charge >= 0.3 is 0 Å². The zero-order chi connectivity index (χ0) is 10.2. The molecule has 0 bridgehead atoms. The van der Waals surface area contributed by atoms with Gasteiger partial charge in [0.2, 0.25) is 0 Å². The van der Waals surface area contributed by atoms with Crippen LogP contribution in [-0.4, -0.2) is 22.5 Å². The second kappa shape index (κ2) is 3.76. The highest BCUT2D eigenvalue weighted by molar-refractivity contribution is 8.14. The van der Waals surface area contributed by atoms with E-state index in [1.807, 2.05) is 11.8 Å². The fourth-order valence-electron chi connectivity index (χ4n) is 1.69. The summed E-state index contributed by atoms with van der Waals surface area (Å²) in [5.41, 5.74) is 0.284. The molecule has 0 amide bonds. The quantitative estimate of drug-likeness (QED) is 0.778. The zero-order valence-corrected chi connectivity index (χ0v) is 10.2. The minimum Gasteiger partial charge on any atom is -0.359 e. The number of amidine groups is 1. The topological polar surface area (TPSA) is 24.4 Å². The van der Waals surface area contributed by atoms with Crippen LogP contribution in [0.5, 0.6) is 0 Å². The van der Waals surface area contributed by atoms with Crippen molar-refractivity contribution in [2.24, 2.45) is 10.9 Å². The molecule has 1 heterocycles. The molecule has 2 atom stereocenters. The van der Waals surface area contributed by atoms with Gasteiger partial charge in [-0.1, -0.05) is 18.7 Å². The first-order chi connectivity index (χ1) is 6.63. The predicted octanol–water partition coefficient (Wildman–Crippen LogP) is 2.65. The van der Waals surface area contributed by atoms with Crippen molar-refractivity contribution in [2.75, 3.05) is 5.75 Å². The van der Waals surface area contributed by atoms with Gasteiger partial charge in [0.25, 0.3) is 0 Å². The minimum absolute atomic E-state index is 0.284. The van der Waals surface area contributed by atoms with Crippen LogP contribution >= 0.6 is 11.8 Å². The average Bonchev–Trinajstić information content (AvgIpc) is 2.93. The van der Waals surface area contributed by atoms with E-state index in [9.17, 15) is 0 Å². The number of aliphatic imine (C=N–C) groups is 1. The highest BCUT2D eigenvalue weighted by Gasteiger charge is 2.33. The van der Waals surface area contributed by atoms with Crippen LogP contribution in [0.3, 0.4) is 0 Å². The lowest BCUT2D eigenvalue weighted by atomic mass is 10.0. The van der Waals surface area contributed by atoms with Gasteiger partial charge in [-0.05, 0) is 39.0 Å². The van der Waals surface area contributed by atoms with E-state index in [4.69, 9.17) is 4.99 Å². The molecule has 1 aliphatic heterocycles. The molecule has 14 heavy (non-hydrogen) atoms. The molecule has 0 radical (unpaired) electrons. The van der Waals surface area contributed by atoms with E-state index < -0.39 is 0 Å². The van der Waals surface area contributed by atoms with Gasteiger partial charge in [0, 0.05) is 11.3 Å². The Labute approximate surface area is 90.9 Å². The first-order valence-corrected chi connectivity index (χ1v) is 6.60. The summed E-state index contributed by atoms with van der Waals surface area (Å²) in [6.45, 7) is 6.76. The van der Waals surface area contributed by atoms with Crippen molar-refractivity contribution < 1.29 is 0 Å². The molecule has 1 saturated heterocycles. The smallest absolute Gasteiger partial charge is 0.157 e. The summed E-state index contributed by atoms with van der Waals surface area (Å²) in [4.78, 5) is 4.75. The van der Waals surface area contributed by atoms with Gasteiger partial charge in [0.15, 0.2) is 5.17 Å². The van der Waals surface area contributed by atoms with Crippen LogP contribution in [0.2, 0.25) is 0 Å². The Hall–Kier alpha value is -0.180. The largest absolute Gasteiger partial charge is 0.359 e. The Kier molecular flexibility index (Phi) is 2.78. The molecular weight excluding hydrogens is 192 g/mol. The van der Waals surface area contributed by atoms with Gasteiger partial charge in [0.1, 0.15) is 0 Å². The van der Waals surface area contributed by atoms with Gasteiger partial charge in [-0.15, -0.1) is 0 Å². The van der Waals surface area contributed by atoms with Crippen molar-refractivity contribution in [3.05, 3.63) is 0 Å². The molecule has 0 spiro atoms. The normalized spacial score (nSPS) is 37.2. The summed E-state index contributed by atoms with van der Waals surface area (Å²) in [5, 5.41) is 4.72. The number of rotatable bonds is 3. The standard InChI is InChI=1S/C11H20N2S/c1-4-11(3)7-14-10(13-11)12-8(2)9-5-6-9/h8-9H,4-7H2,1-3H3,(H,12,13). The van der Waals surface area contributed by atoms with Crippen molar-refractivity contribution in [3.63, 3.8) is 0 Å². The van der Waals surface area contributed by atoms with Crippen molar-refractivity contribution in [1.29, 1.82) is 0 Å². The van der Waals surface area contributed by atoms with E-state index in [0.717, 1.165) is 5.92 Å². The van der Waals surface area contributed by atoms with E-state index in [-0.39, 0.29) is 5.54 Å². The molecule has 0 aromatic carbocycles. The van der Waals surface area contributed by atoms with Crippen LogP contribution < -0.4 is 5.32 Å². The Bertz CT molecular complexity index is 248. The maximum absolute atomic E-state index is 4.75. The minimum atomic E-state index is 0.284. The summed E-state index contributed by atoms with van der Waals surface area (Å²) in [6, 6.07) is 0.532. The fraction of sp³-hybridized carbons (Fsp3) is 0.909. The third kappa shape index (κ3) is 2.25. The maximum Gasteiger partial charge on any atom is 0.157 e. The van der Waals surface area contributed by atoms with E-state index in [1.165, 1.54) is 30.2 Å². The number of hydrogen-bond acceptors (Lipinski definition) is 2. The molecule has 1 saturated carbocycles. The van der Waals surface area contributed by atoms with E-state index in [1.54, 1.807) is 0 Å². The highest BCUT2D eigenvalue weighted by Crippen LogP contribution is 2.35. The first kappa shape index (κ1) is 10.3. The third-order valence-corrected chi connectivity index (χ3v) is 4.60. The lowest BCUT2D eigenvalue weighted by Crippen LogP contribution is -2.39. The third-order valence-electron chi connectivity index (χ3n) is 3.34. The molecule has 1 N–H and O–H groups in total. The van der Waals surface area contributed by atoms with Crippen LogP contribution in [0.15, 0.2) is 4.99 Å². The number of nitrogens with one attached hydrogen (secondary N) is 1. The lowest BCUT2D eigenvalue weighted by molar-refractivity contribution is 0.465. The predicted molar refractivity (Wildman–Crippen MR) is 63.9 cm³/mol. The van der Waals surface area contributed by atoms with Gasteiger partial charge < -0.3 is 5.32 Å². The fourth-order valence-corrected chi connectivity index (χ4v) is 2.98. The Morgan fingerprint density at radius 3 is 2.86 bits per heavy atom. The lowest BCUT2D eigenvalue weighted by Gasteiger charge is -2.21. The molecule has 80 valence electrons. The van der Waals surface area contributed by atoms with E-state index in [2.05, 4.69) is 26.1 Å². The molecule has 2 nitrogen and oxygen atoms in total. The van der Waals surface area contributed by atoms with Crippen molar-refractivity contribution in [2.45, 2.75) is 51.6 Å². The summed E-state index contributed by atoms with van der Waals surface area (Å²) in [6.07, 6.45) is 3.94. The molecule has 0 aromatic heterocycles. The van der Waals surface area contributed by atoms with Gasteiger partial charge in [-0.25, -0.2) is 0 Å². The maximum atomic E-state index is 4.75. The van der Waals surface area contributed by atoms with Gasteiger partial charge in [-0.3, -0.25) is 4.99 Å². The van der Waals surface area contributed by atoms with Crippen LogP contribution in [0.25, 0.3) is 0 Å². The number of thioether (sulfide) groups is 1. The summed E-state index contributed by atoms with van der Waals surface area (Å²) in [5.74, 6) is 2.04. The number of hydrogen-bond donors (Lipinski definition) is 1. The summed E-state index contributed by atoms with van der Waals surface area (Å²) >= 11 is 1.89. The van der Waals surface area contributed by atoms with Crippen molar-refractivity contribution in [3.8, 4) is 0 Å². The van der Waals surface area contributed by atoms with Crippen LogP contribution in [-0.2, 0) is 0 Å². The SMILES string of the molecule is CCC1(C)CSC(=NC(C)C2CC2)N1. The monoisotopic (exact) mass is 212 g/mol. The summed E-state index contributed by atoms with van der Waals surface area (Å²) in [7, 11) is 0. The molecular formula is C11H20N2S. The highest BCUT2D eigenvalue weighted by atomic mass is 32.2. The molecule has 2 fully saturated rings. The second-order valence-electron chi connectivity index (χ2n) is 4.84. The Morgan fingerprint density at radius 1 is 1.64 bits per heavy atom. The van der Waals surface area contributed by atoms with Gasteiger partial charge in [0.05, 0.1) is 6.04 Å². The van der Waals surface area contributed by atoms with Crippen molar-refractivity contribution >= 4 is 16.9 Å². The van der Waals surface area contributed by atoms with E-state index >= 15 is 0 Å². The molecule has 2 aliphatic rings. The molecule has 2 rings (SSSR count). The molecule has 0 aromatic rings.